The van der Waals surface area contributed by atoms with Crippen molar-refractivity contribution in [3.05, 3.63) is 146 Å². The second-order valence-corrected chi connectivity index (χ2v) is 12.1. The molecule has 9 rings (SSSR count). The molecule has 0 aliphatic heterocycles. The second kappa shape index (κ2) is 15.1. The number of benzene rings is 3. The van der Waals surface area contributed by atoms with E-state index in [4.69, 9.17) is 0 Å². The van der Waals surface area contributed by atoms with Gasteiger partial charge >= 0.3 is 0 Å². The van der Waals surface area contributed by atoms with Crippen LogP contribution in [0.2, 0.25) is 0 Å². The number of rotatable bonds is 0. The molecule has 0 aliphatic carbocycles. The highest BCUT2D eigenvalue weighted by atomic mass is 127. The molecule has 0 atom stereocenters. The van der Waals surface area contributed by atoms with Crippen LogP contribution < -0.4 is 85.1 Å². The minimum absolute atomic E-state index is 0. The van der Waals surface area contributed by atoms with E-state index in [0.29, 0.717) is 0 Å². The summed E-state index contributed by atoms with van der Waals surface area (Å²) < 4.78 is 10.7. The number of fused-ring (bicyclic) bond motifs is 9. The number of hydrogen-bond acceptors (Lipinski definition) is 3. The zero-order chi connectivity index (χ0) is 26.0. The molecule has 3 nitrogen and oxygen atoms in total. The molecule has 42 heavy (non-hydrogen) atoms. The van der Waals surface area contributed by atoms with Gasteiger partial charge in [-0.2, -0.15) is 13.2 Å². The van der Waals surface area contributed by atoms with Crippen LogP contribution in [-0.2, 0) is 0 Å². The molecule has 0 bridgehead atoms. The molecule has 210 valence electrons. The lowest BCUT2D eigenvalue weighted by Crippen LogP contribution is -3.00. The molecule has 0 fully saturated rings. The van der Waals surface area contributed by atoms with Crippen molar-refractivity contribution in [3.63, 3.8) is 0 Å². The zero-order valence-electron chi connectivity index (χ0n) is 22.1. The second-order valence-electron chi connectivity index (χ2n) is 8.94. The van der Waals surface area contributed by atoms with Crippen molar-refractivity contribution in [1.29, 1.82) is 0 Å². The number of para-hydroxylation sites is 3. The van der Waals surface area contributed by atoms with Crippen LogP contribution in [0.25, 0.3) is 45.1 Å². The van der Waals surface area contributed by atoms with E-state index in [1.807, 2.05) is 34.0 Å². The number of hydrogen-bond donors (Lipinski definition) is 0. The third-order valence-corrected chi connectivity index (χ3v) is 9.81. The van der Waals surface area contributed by atoms with Gasteiger partial charge in [-0.1, -0.05) is 70.4 Å². The Kier molecular flexibility index (Phi) is 11.8. The minimum atomic E-state index is 0. The molecule has 9 heteroatoms. The van der Waals surface area contributed by atoms with E-state index in [-0.39, 0.29) is 71.9 Å². The quantitative estimate of drug-likeness (QED) is 0.136. The number of halogens is 3. The van der Waals surface area contributed by atoms with Crippen LogP contribution in [-0.4, -0.2) is 0 Å². The first-order valence-corrected chi connectivity index (χ1v) is 15.1. The van der Waals surface area contributed by atoms with E-state index in [0.717, 1.165) is 0 Å². The fourth-order valence-electron chi connectivity index (χ4n) is 4.69. The van der Waals surface area contributed by atoms with Gasteiger partial charge in [0.2, 0.25) is 16.6 Å². The van der Waals surface area contributed by atoms with Crippen LogP contribution in [0.15, 0.2) is 146 Å². The fourth-order valence-corrected chi connectivity index (χ4v) is 7.84. The molecule has 0 N–H and O–H groups in total. The molecule has 0 saturated heterocycles. The van der Waals surface area contributed by atoms with Crippen molar-refractivity contribution in [2.45, 2.75) is 0 Å². The number of aromatic nitrogens is 3. The lowest BCUT2D eigenvalue weighted by Gasteiger charge is -1.81. The van der Waals surface area contributed by atoms with Gasteiger partial charge in [0.1, 0.15) is 14.1 Å². The van der Waals surface area contributed by atoms with E-state index < -0.39 is 0 Å². The normalized spacial score (nSPS) is 10.3. The highest BCUT2D eigenvalue weighted by Crippen LogP contribution is 2.21. The molecule has 3 aromatic carbocycles. The molecule has 6 heterocycles. The molecule has 6 aromatic heterocycles. The maximum atomic E-state index is 2.22. The summed E-state index contributed by atoms with van der Waals surface area (Å²) in [4.78, 5) is 3.89. The van der Waals surface area contributed by atoms with Gasteiger partial charge in [0, 0.05) is 54.6 Å². The molecule has 0 aliphatic rings. The maximum absolute atomic E-state index is 2.22. The Balaban J connectivity index is 0.000000140. The van der Waals surface area contributed by atoms with Crippen LogP contribution >= 0.6 is 34.0 Å². The van der Waals surface area contributed by atoms with Gasteiger partial charge in [0.15, 0.2) is 18.6 Å². The van der Waals surface area contributed by atoms with Crippen molar-refractivity contribution in [3.8, 4) is 0 Å². The first kappa shape index (κ1) is 32.9. The van der Waals surface area contributed by atoms with Crippen LogP contribution in [0, 0.1) is 0 Å². The van der Waals surface area contributed by atoms with E-state index in [9.17, 15) is 0 Å². The smallest absolute Gasteiger partial charge is 0.268 e. The van der Waals surface area contributed by atoms with E-state index in [1.165, 1.54) is 45.1 Å². The van der Waals surface area contributed by atoms with Gasteiger partial charge in [0.05, 0.1) is 0 Å². The van der Waals surface area contributed by atoms with Gasteiger partial charge in [0.25, 0.3) is 14.5 Å². The number of thiazole rings is 3. The Morgan fingerprint density at radius 1 is 0.310 bits per heavy atom. The Morgan fingerprint density at radius 2 is 0.571 bits per heavy atom. The van der Waals surface area contributed by atoms with Gasteiger partial charge in [-0.3, -0.25) is 0 Å². The van der Waals surface area contributed by atoms with Crippen LogP contribution in [0.3, 0.4) is 0 Å². The summed E-state index contributed by atoms with van der Waals surface area (Å²) in [6.45, 7) is 0. The molecular weight excluding hydrogens is 915 g/mol. The molecule has 0 amide bonds. The predicted octanol–water partition coefficient (Wildman–Crippen LogP) is -1.07. The summed E-state index contributed by atoms with van der Waals surface area (Å²) in [5, 5.41) is 0. The average Bonchev–Trinajstić information content (AvgIpc) is 3.69. The Hall–Kier alpha value is -2.04. The Bertz CT molecular complexity index is 1820. The summed E-state index contributed by atoms with van der Waals surface area (Å²) in [7, 11) is 0. The third-order valence-electron chi connectivity index (χ3n) is 6.49. The van der Waals surface area contributed by atoms with Gasteiger partial charge in [-0.25, -0.2) is 0 Å². The van der Waals surface area contributed by atoms with Gasteiger partial charge < -0.3 is 71.9 Å². The average molecular weight is 939 g/mol. The summed E-state index contributed by atoms with van der Waals surface area (Å²) >= 11 is 5.47. The van der Waals surface area contributed by atoms with E-state index in [2.05, 4.69) is 159 Å². The SMILES string of the molecule is [I-].[I-].[I-].c1ccc2c(c1)sc1cccc[n+]12.c1ccc2c(c1)sc1cccc[n+]12.c1ccc2c(c1)sc1cccc[n+]12. The minimum Gasteiger partial charge on any atom is -1.00 e. The Morgan fingerprint density at radius 3 is 0.881 bits per heavy atom. The fraction of sp³-hybridized carbons (Fsp3) is 0. The largest absolute Gasteiger partial charge is 1.00 e. The first-order chi connectivity index (χ1) is 19.3. The topological polar surface area (TPSA) is 12.3 Å². The Labute approximate surface area is 306 Å². The predicted molar refractivity (Wildman–Crippen MR) is 165 cm³/mol. The molecule has 0 unspecified atom stereocenters. The molecule has 0 saturated carbocycles. The highest BCUT2D eigenvalue weighted by Gasteiger charge is 2.12. The molecular formula is C33H24I3N3S3. The van der Waals surface area contributed by atoms with Gasteiger partial charge in [-0.05, 0) is 36.4 Å². The lowest BCUT2D eigenvalue weighted by molar-refractivity contribution is -0.477. The molecule has 0 spiro atoms. The van der Waals surface area contributed by atoms with Crippen molar-refractivity contribution >= 4 is 79.2 Å². The van der Waals surface area contributed by atoms with Crippen LogP contribution in [0.5, 0.6) is 0 Å². The van der Waals surface area contributed by atoms with E-state index >= 15 is 0 Å². The highest BCUT2D eigenvalue weighted by molar-refractivity contribution is 7.23. The summed E-state index contributed by atoms with van der Waals surface area (Å²) in [6.07, 6.45) is 6.32. The van der Waals surface area contributed by atoms with Crippen molar-refractivity contribution < 1.29 is 85.1 Å². The van der Waals surface area contributed by atoms with Crippen molar-refractivity contribution in [2.24, 2.45) is 0 Å². The summed E-state index contributed by atoms with van der Waals surface area (Å²) in [5.41, 5.74) is 3.88. The summed E-state index contributed by atoms with van der Waals surface area (Å²) in [5.74, 6) is 0. The number of pyridine rings is 3. The van der Waals surface area contributed by atoms with E-state index in [1.54, 1.807) is 0 Å². The third kappa shape index (κ3) is 6.70. The molecule has 0 radical (unpaired) electrons. The van der Waals surface area contributed by atoms with Crippen LogP contribution in [0.4, 0.5) is 0 Å². The van der Waals surface area contributed by atoms with Gasteiger partial charge in [-0.15, -0.1) is 0 Å². The van der Waals surface area contributed by atoms with Crippen molar-refractivity contribution in [1.82, 2.24) is 0 Å². The molecule has 9 aromatic rings. The van der Waals surface area contributed by atoms with Crippen LogP contribution in [0.1, 0.15) is 0 Å². The first-order valence-electron chi connectivity index (χ1n) is 12.7. The lowest BCUT2D eigenvalue weighted by atomic mass is 10.3. The maximum Gasteiger partial charge on any atom is 0.268 e. The standard InChI is InChI=1S/3C11H8NS.3HI/c3*1-2-6-10-9(5-1)12-8-4-3-7-11(12)13-10;;;/h3*1-8H;3*1H/q3*+1;;;/p-3. The monoisotopic (exact) mass is 939 g/mol. The summed E-state index contributed by atoms with van der Waals surface area (Å²) in [6, 6.07) is 44.3. The van der Waals surface area contributed by atoms with Crippen molar-refractivity contribution in [2.75, 3.05) is 0 Å². The number of nitrogens with zero attached hydrogens (tertiary/aromatic N) is 3. The zero-order valence-corrected chi connectivity index (χ0v) is 31.0.